The smallest absolute Gasteiger partial charge is 0.253 e. The highest BCUT2D eigenvalue weighted by Crippen LogP contribution is 2.13. The van der Waals surface area contributed by atoms with Crippen LogP contribution in [0.4, 0.5) is 5.69 Å². The van der Waals surface area contributed by atoms with Gasteiger partial charge in [0.15, 0.2) is 0 Å². The zero-order chi connectivity index (χ0) is 16.8. The summed E-state index contributed by atoms with van der Waals surface area (Å²) in [6.07, 6.45) is 4.31. The van der Waals surface area contributed by atoms with Gasteiger partial charge in [-0.15, -0.1) is 0 Å². The first-order valence-corrected chi connectivity index (χ1v) is 7.91. The topological polar surface area (TPSA) is 64.0 Å². The molecule has 5 heteroatoms. The van der Waals surface area contributed by atoms with Gasteiger partial charge in [0.2, 0.25) is 5.91 Å². The lowest BCUT2D eigenvalue weighted by Gasteiger charge is -2.09. The maximum Gasteiger partial charge on any atom is 0.253 e. The zero-order valence-corrected chi connectivity index (χ0v) is 13.9. The van der Waals surface area contributed by atoms with Crippen LogP contribution in [0.2, 0.25) is 0 Å². The van der Waals surface area contributed by atoms with Crippen molar-refractivity contribution in [3.05, 3.63) is 57.8 Å². The number of amides is 1. The molecule has 1 aromatic heterocycles. The number of rotatable bonds is 6. The van der Waals surface area contributed by atoms with E-state index in [1.54, 1.807) is 0 Å². The highest BCUT2D eigenvalue weighted by molar-refractivity contribution is 5.90. The number of aryl methyl sites for hydroxylation is 3. The lowest BCUT2D eigenvalue weighted by molar-refractivity contribution is -0.116. The van der Waals surface area contributed by atoms with E-state index in [0.29, 0.717) is 0 Å². The number of nitrogens with zero attached hydrogens (tertiary/aromatic N) is 2. The molecule has 2 aromatic rings. The Kier molecular flexibility index (Phi) is 5.68. The number of hydrogen-bond donors (Lipinski definition) is 1. The van der Waals surface area contributed by atoms with Gasteiger partial charge in [0, 0.05) is 17.4 Å². The quantitative estimate of drug-likeness (QED) is 0.892. The molecule has 0 aliphatic heterocycles. The van der Waals surface area contributed by atoms with Crippen molar-refractivity contribution in [1.29, 1.82) is 0 Å². The zero-order valence-electron chi connectivity index (χ0n) is 13.9. The largest absolute Gasteiger partial charge is 0.325 e. The predicted molar refractivity (Wildman–Crippen MR) is 91.7 cm³/mol. The van der Waals surface area contributed by atoms with Crippen LogP contribution in [0, 0.1) is 13.8 Å². The summed E-state index contributed by atoms with van der Waals surface area (Å²) in [6, 6.07) is 7.36. The van der Waals surface area contributed by atoms with E-state index in [1.807, 2.05) is 32.0 Å². The molecular weight excluding hydrogens is 290 g/mol. The maximum atomic E-state index is 12.1. The van der Waals surface area contributed by atoms with Gasteiger partial charge in [0.1, 0.15) is 6.54 Å². The number of aromatic nitrogens is 2. The molecule has 0 saturated carbocycles. The van der Waals surface area contributed by atoms with Crippen LogP contribution < -0.4 is 10.9 Å². The summed E-state index contributed by atoms with van der Waals surface area (Å²) in [5.74, 6) is -0.236. The third-order valence-electron chi connectivity index (χ3n) is 3.54. The van der Waals surface area contributed by atoms with Crippen molar-refractivity contribution in [1.82, 2.24) is 9.55 Å². The SMILES string of the molecule is CCCCc1cc(=O)n(CC(=O)Nc2cc(C)cc(C)c2)cn1. The Balaban J connectivity index is 2.03. The molecule has 0 atom stereocenters. The monoisotopic (exact) mass is 313 g/mol. The average molecular weight is 313 g/mol. The fraction of sp³-hybridized carbons (Fsp3) is 0.389. The van der Waals surface area contributed by atoms with E-state index in [1.165, 1.54) is 17.0 Å². The van der Waals surface area contributed by atoms with Crippen molar-refractivity contribution >= 4 is 11.6 Å². The third-order valence-corrected chi connectivity index (χ3v) is 3.54. The van der Waals surface area contributed by atoms with E-state index in [9.17, 15) is 9.59 Å². The molecule has 1 amide bonds. The van der Waals surface area contributed by atoms with E-state index in [2.05, 4.69) is 17.2 Å². The molecule has 1 heterocycles. The van der Waals surface area contributed by atoms with E-state index in [0.717, 1.165) is 41.8 Å². The van der Waals surface area contributed by atoms with Crippen molar-refractivity contribution < 1.29 is 4.79 Å². The van der Waals surface area contributed by atoms with Crippen LogP contribution in [0.1, 0.15) is 36.6 Å². The highest BCUT2D eigenvalue weighted by Gasteiger charge is 2.07. The lowest BCUT2D eigenvalue weighted by Crippen LogP contribution is -2.28. The Labute approximate surface area is 136 Å². The first-order valence-electron chi connectivity index (χ1n) is 7.91. The molecule has 0 aliphatic carbocycles. The van der Waals surface area contributed by atoms with Crippen molar-refractivity contribution in [3.63, 3.8) is 0 Å². The first-order chi connectivity index (χ1) is 11.0. The van der Waals surface area contributed by atoms with Gasteiger partial charge in [-0.25, -0.2) is 4.98 Å². The fourth-order valence-electron chi connectivity index (χ4n) is 2.48. The molecule has 1 aromatic carbocycles. The minimum absolute atomic E-state index is 0.0348. The number of benzene rings is 1. The summed E-state index contributed by atoms with van der Waals surface area (Å²) in [4.78, 5) is 28.4. The number of unbranched alkanes of at least 4 members (excludes halogenated alkanes) is 1. The normalized spacial score (nSPS) is 10.6. The van der Waals surface area contributed by atoms with E-state index >= 15 is 0 Å². The summed E-state index contributed by atoms with van der Waals surface area (Å²) in [5, 5.41) is 2.82. The van der Waals surface area contributed by atoms with Gasteiger partial charge < -0.3 is 5.32 Å². The molecule has 2 rings (SSSR count). The van der Waals surface area contributed by atoms with Crippen LogP contribution in [0.3, 0.4) is 0 Å². The Hall–Kier alpha value is -2.43. The van der Waals surface area contributed by atoms with Gasteiger partial charge in [-0.3, -0.25) is 14.2 Å². The van der Waals surface area contributed by atoms with Crippen LogP contribution in [-0.2, 0) is 17.8 Å². The average Bonchev–Trinajstić information content (AvgIpc) is 2.46. The second-order valence-corrected chi connectivity index (χ2v) is 5.87. The molecular formula is C18H23N3O2. The Bertz CT molecular complexity index is 730. The Morgan fingerprint density at radius 1 is 1.17 bits per heavy atom. The van der Waals surface area contributed by atoms with Crippen molar-refractivity contribution in [2.24, 2.45) is 0 Å². The number of anilines is 1. The number of carbonyl (C=O) groups is 1. The van der Waals surface area contributed by atoms with E-state index in [4.69, 9.17) is 0 Å². The van der Waals surface area contributed by atoms with Gasteiger partial charge in [-0.1, -0.05) is 19.4 Å². The summed E-state index contributed by atoms with van der Waals surface area (Å²) in [7, 11) is 0. The highest BCUT2D eigenvalue weighted by atomic mass is 16.2. The molecule has 1 N–H and O–H groups in total. The molecule has 23 heavy (non-hydrogen) atoms. The molecule has 0 spiro atoms. The number of carbonyl (C=O) groups excluding carboxylic acids is 1. The first kappa shape index (κ1) is 16.9. The minimum atomic E-state index is -0.236. The molecule has 0 saturated heterocycles. The molecule has 5 nitrogen and oxygen atoms in total. The minimum Gasteiger partial charge on any atom is -0.325 e. The van der Waals surface area contributed by atoms with Crippen LogP contribution in [0.15, 0.2) is 35.4 Å². The van der Waals surface area contributed by atoms with Crippen LogP contribution in [0.5, 0.6) is 0 Å². The van der Waals surface area contributed by atoms with Crippen molar-refractivity contribution in [3.8, 4) is 0 Å². The second-order valence-electron chi connectivity index (χ2n) is 5.87. The number of nitrogens with one attached hydrogen (secondary N) is 1. The lowest BCUT2D eigenvalue weighted by atomic mass is 10.1. The summed E-state index contributed by atoms with van der Waals surface area (Å²) in [6.45, 7) is 6.02. The molecule has 0 aliphatic rings. The van der Waals surface area contributed by atoms with Gasteiger partial charge in [-0.05, 0) is 49.9 Å². The van der Waals surface area contributed by atoms with Crippen molar-refractivity contribution in [2.75, 3.05) is 5.32 Å². The van der Waals surface area contributed by atoms with E-state index < -0.39 is 0 Å². The van der Waals surface area contributed by atoms with Crippen LogP contribution in [-0.4, -0.2) is 15.5 Å². The Morgan fingerprint density at radius 3 is 2.48 bits per heavy atom. The molecule has 0 unspecified atom stereocenters. The second kappa shape index (κ2) is 7.72. The van der Waals surface area contributed by atoms with Crippen molar-refractivity contribution in [2.45, 2.75) is 46.6 Å². The van der Waals surface area contributed by atoms with Crippen LogP contribution >= 0.6 is 0 Å². The van der Waals surface area contributed by atoms with Gasteiger partial charge >= 0.3 is 0 Å². The maximum absolute atomic E-state index is 12.1. The molecule has 122 valence electrons. The summed E-state index contributed by atoms with van der Waals surface area (Å²) >= 11 is 0. The predicted octanol–water partition coefficient (Wildman–Crippen LogP) is 2.84. The number of hydrogen-bond acceptors (Lipinski definition) is 3. The standard InChI is InChI=1S/C18H23N3O2/c1-4-5-6-15-10-18(23)21(12-19-15)11-17(22)20-16-8-13(2)7-14(3)9-16/h7-10,12H,4-6,11H2,1-3H3,(H,20,22). The summed E-state index contributed by atoms with van der Waals surface area (Å²) < 4.78 is 1.33. The van der Waals surface area contributed by atoms with E-state index in [-0.39, 0.29) is 18.0 Å². The summed E-state index contributed by atoms with van der Waals surface area (Å²) in [5.41, 5.74) is 3.50. The molecule has 0 bridgehead atoms. The molecule has 0 radical (unpaired) electrons. The van der Waals surface area contributed by atoms with Gasteiger partial charge in [0.05, 0.1) is 6.33 Å². The van der Waals surface area contributed by atoms with Crippen LogP contribution in [0.25, 0.3) is 0 Å². The molecule has 0 fully saturated rings. The Morgan fingerprint density at radius 2 is 1.87 bits per heavy atom. The van der Waals surface area contributed by atoms with Gasteiger partial charge in [0.25, 0.3) is 5.56 Å². The van der Waals surface area contributed by atoms with Gasteiger partial charge in [-0.2, -0.15) is 0 Å². The fourth-order valence-corrected chi connectivity index (χ4v) is 2.48. The third kappa shape index (κ3) is 5.06.